The molecule has 0 saturated heterocycles. The van der Waals surface area contributed by atoms with Gasteiger partial charge in [0.1, 0.15) is 5.52 Å². The first-order chi connectivity index (χ1) is 13.0. The summed E-state index contributed by atoms with van der Waals surface area (Å²) in [5.74, 6) is 0.0758. The van der Waals surface area contributed by atoms with Crippen molar-refractivity contribution in [2.24, 2.45) is 0 Å². The number of nitro benzene ring substituents is 1. The van der Waals surface area contributed by atoms with Crippen LogP contribution in [-0.4, -0.2) is 28.1 Å². The molecule has 0 aliphatic carbocycles. The van der Waals surface area contributed by atoms with Gasteiger partial charge in [-0.25, -0.2) is 4.98 Å². The summed E-state index contributed by atoms with van der Waals surface area (Å²) in [7, 11) is 0. The predicted molar refractivity (Wildman–Crippen MR) is 104 cm³/mol. The molecule has 0 radical (unpaired) electrons. The lowest BCUT2D eigenvalue weighted by Gasteiger charge is -2.29. The third-order valence-corrected chi connectivity index (χ3v) is 5.39. The van der Waals surface area contributed by atoms with Crippen LogP contribution in [0.1, 0.15) is 12.0 Å². The number of halogens is 1. The molecular formula is C18H14ClN3O4S. The molecule has 0 fully saturated rings. The molecule has 0 atom stereocenters. The molecule has 0 saturated carbocycles. The SMILES string of the molecule is O=C(CSc1nc2cc(Cl)ccc2o1)N1CCCc2cc([N+](=O)[O-])ccc21. The molecule has 1 aromatic heterocycles. The van der Waals surface area contributed by atoms with Crippen molar-refractivity contribution in [1.82, 2.24) is 4.98 Å². The number of thioether (sulfide) groups is 1. The van der Waals surface area contributed by atoms with Crippen molar-refractivity contribution in [1.29, 1.82) is 0 Å². The number of benzene rings is 2. The molecule has 1 aliphatic rings. The van der Waals surface area contributed by atoms with E-state index in [0.717, 1.165) is 24.1 Å². The van der Waals surface area contributed by atoms with Gasteiger partial charge in [-0.1, -0.05) is 23.4 Å². The third kappa shape index (κ3) is 3.63. The maximum atomic E-state index is 12.7. The number of oxazole rings is 1. The molecule has 7 nitrogen and oxygen atoms in total. The van der Waals surface area contributed by atoms with E-state index < -0.39 is 4.92 Å². The van der Waals surface area contributed by atoms with Crippen LogP contribution in [0.3, 0.4) is 0 Å². The predicted octanol–water partition coefficient (Wildman–Crippen LogP) is 4.46. The van der Waals surface area contributed by atoms with Gasteiger partial charge in [-0.15, -0.1) is 0 Å². The molecule has 0 unspecified atom stereocenters. The van der Waals surface area contributed by atoms with Crippen LogP contribution in [0.25, 0.3) is 11.1 Å². The second kappa shape index (κ2) is 7.21. The Balaban J connectivity index is 1.49. The van der Waals surface area contributed by atoms with Gasteiger partial charge in [0.15, 0.2) is 5.58 Å². The van der Waals surface area contributed by atoms with Crippen molar-refractivity contribution in [2.75, 3.05) is 17.2 Å². The first-order valence-corrected chi connectivity index (χ1v) is 9.64. The number of carbonyl (C=O) groups is 1. The van der Waals surface area contributed by atoms with E-state index in [2.05, 4.69) is 4.98 Å². The normalized spacial score (nSPS) is 13.6. The molecule has 1 aliphatic heterocycles. The zero-order valence-corrected chi connectivity index (χ0v) is 15.6. The van der Waals surface area contributed by atoms with Gasteiger partial charge in [0.25, 0.3) is 10.9 Å². The van der Waals surface area contributed by atoms with Gasteiger partial charge in [0.05, 0.1) is 10.7 Å². The number of carbonyl (C=O) groups excluding carboxylic acids is 1. The fraction of sp³-hybridized carbons (Fsp3) is 0.222. The number of anilines is 1. The van der Waals surface area contributed by atoms with Crippen LogP contribution in [0.4, 0.5) is 11.4 Å². The highest BCUT2D eigenvalue weighted by Crippen LogP contribution is 2.32. The summed E-state index contributed by atoms with van der Waals surface area (Å²) >= 11 is 7.16. The minimum absolute atomic E-state index is 0.0440. The number of non-ortho nitro benzene ring substituents is 1. The zero-order valence-electron chi connectivity index (χ0n) is 14.1. The average molecular weight is 404 g/mol. The number of fused-ring (bicyclic) bond motifs is 2. The van der Waals surface area contributed by atoms with Crippen molar-refractivity contribution >= 4 is 51.7 Å². The maximum absolute atomic E-state index is 12.7. The second-order valence-corrected chi connectivity index (χ2v) is 7.46. The monoisotopic (exact) mass is 403 g/mol. The van der Waals surface area contributed by atoms with Crippen LogP contribution < -0.4 is 4.90 Å². The molecule has 4 rings (SSSR count). The molecule has 9 heteroatoms. The van der Waals surface area contributed by atoms with Crippen molar-refractivity contribution in [3.63, 3.8) is 0 Å². The van der Waals surface area contributed by atoms with E-state index in [1.807, 2.05) is 0 Å². The first-order valence-electron chi connectivity index (χ1n) is 8.28. The van der Waals surface area contributed by atoms with E-state index in [1.54, 1.807) is 35.2 Å². The summed E-state index contributed by atoms with van der Waals surface area (Å²) in [6, 6.07) is 9.80. The highest BCUT2D eigenvalue weighted by Gasteiger charge is 2.24. The van der Waals surface area contributed by atoms with Crippen LogP contribution in [0.5, 0.6) is 0 Å². The molecule has 1 amide bonds. The van der Waals surface area contributed by atoms with Crippen LogP contribution in [0.15, 0.2) is 46.0 Å². The van der Waals surface area contributed by atoms with Gasteiger partial charge < -0.3 is 9.32 Å². The fourth-order valence-electron chi connectivity index (χ4n) is 3.10. The zero-order chi connectivity index (χ0) is 19.0. The molecule has 2 aromatic carbocycles. The Morgan fingerprint density at radius 2 is 2.19 bits per heavy atom. The Kier molecular flexibility index (Phi) is 4.75. The van der Waals surface area contributed by atoms with Crippen molar-refractivity contribution in [3.8, 4) is 0 Å². The molecule has 0 N–H and O–H groups in total. The molecule has 27 heavy (non-hydrogen) atoms. The largest absolute Gasteiger partial charge is 0.431 e. The summed E-state index contributed by atoms with van der Waals surface area (Å²) in [6.45, 7) is 0.591. The second-order valence-electron chi connectivity index (χ2n) is 6.10. The van der Waals surface area contributed by atoms with Crippen LogP contribution in [-0.2, 0) is 11.2 Å². The number of aryl methyl sites for hydroxylation is 1. The van der Waals surface area contributed by atoms with Crippen molar-refractivity contribution in [2.45, 2.75) is 18.1 Å². The van der Waals surface area contributed by atoms with E-state index >= 15 is 0 Å². The topological polar surface area (TPSA) is 89.5 Å². The fourth-order valence-corrected chi connectivity index (χ4v) is 3.98. The molecule has 0 spiro atoms. The highest BCUT2D eigenvalue weighted by atomic mass is 35.5. The molecule has 138 valence electrons. The number of aromatic nitrogens is 1. The van der Waals surface area contributed by atoms with E-state index in [9.17, 15) is 14.9 Å². The van der Waals surface area contributed by atoms with E-state index in [4.69, 9.17) is 16.0 Å². The molecular weight excluding hydrogens is 390 g/mol. The molecule has 0 bridgehead atoms. The summed E-state index contributed by atoms with van der Waals surface area (Å²) in [6.07, 6.45) is 1.49. The lowest BCUT2D eigenvalue weighted by Crippen LogP contribution is -2.36. The van der Waals surface area contributed by atoms with Crippen molar-refractivity contribution in [3.05, 3.63) is 57.1 Å². The smallest absolute Gasteiger partial charge is 0.269 e. The van der Waals surface area contributed by atoms with Gasteiger partial charge in [-0.2, -0.15) is 0 Å². The average Bonchev–Trinajstić information content (AvgIpc) is 3.07. The van der Waals surface area contributed by atoms with Gasteiger partial charge in [-0.3, -0.25) is 14.9 Å². The molecule has 3 aromatic rings. The number of nitro groups is 1. The lowest BCUT2D eigenvalue weighted by molar-refractivity contribution is -0.384. The summed E-state index contributed by atoms with van der Waals surface area (Å²) in [5.41, 5.74) is 2.87. The van der Waals surface area contributed by atoms with Crippen LogP contribution >= 0.6 is 23.4 Å². The van der Waals surface area contributed by atoms with Crippen LogP contribution in [0.2, 0.25) is 5.02 Å². The Labute approximate surface area is 163 Å². The number of rotatable bonds is 4. The number of hydrogen-bond acceptors (Lipinski definition) is 6. The number of nitrogens with zero attached hydrogens (tertiary/aromatic N) is 3. The van der Waals surface area contributed by atoms with E-state index in [1.165, 1.54) is 17.8 Å². The summed E-state index contributed by atoms with van der Waals surface area (Å²) in [5, 5.41) is 11.9. The van der Waals surface area contributed by atoms with Gasteiger partial charge in [0, 0.05) is 29.4 Å². The Hall–Kier alpha value is -2.58. The Bertz CT molecular complexity index is 1050. The lowest BCUT2D eigenvalue weighted by atomic mass is 10.0. The standard InChI is InChI=1S/C18H14ClN3O4S/c19-12-3-6-16-14(9-12)20-18(26-16)27-10-17(23)21-7-1-2-11-8-13(22(24)25)4-5-15(11)21/h3-6,8-9H,1-2,7,10H2. The van der Waals surface area contributed by atoms with Gasteiger partial charge in [-0.05, 0) is 42.7 Å². The maximum Gasteiger partial charge on any atom is 0.269 e. The first kappa shape index (κ1) is 17.8. The van der Waals surface area contributed by atoms with Crippen LogP contribution in [0, 0.1) is 10.1 Å². The Morgan fingerprint density at radius 3 is 3.00 bits per heavy atom. The van der Waals surface area contributed by atoms with Gasteiger partial charge in [0.2, 0.25) is 5.91 Å². The highest BCUT2D eigenvalue weighted by molar-refractivity contribution is 7.99. The summed E-state index contributed by atoms with van der Waals surface area (Å²) < 4.78 is 5.62. The minimum atomic E-state index is -0.420. The third-order valence-electron chi connectivity index (χ3n) is 4.34. The summed E-state index contributed by atoms with van der Waals surface area (Å²) in [4.78, 5) is 29.2. The minimum Gasteiger partial charge on any atom is -0.431 e. The van der Waals surface area contributed by atoms with Crippen molar-refractivity contribution < 1.29 is 14.1 Å². The van der Waals surface area contributed by atoms with E-state index in [0.29, 0.717) is 27.9 Å². The van der Waals surface area contributed by atoms with E-state index in [-0.39, 0.29) is 17.3 Å². The number of amides is 1. The molecule has 2 heterocycles. The number of hydrogen-bond donors (Lipinski definition) is 0. The van der Waals surface area contributed by atoms with Gasteiger partial charge >= 0.3 is 0 Å². The Morgan fingerprint density at radius 1 is 1.33 bits per heavy atom. The quantitative estimate of drug-likeness (QED) is 0.363.